The number of carbonyl (C=O) groups excluding carboxylic acids is 2. The minimum atomic E-state index is -0.0314. The second-order valence-corrected chi connectivity index (χ2v) is 7.18. The van der Waals surface area contributed by atoms with Gasteiger partial charge in [-0.25, -0.2) is 0 Å². The van der Waals surface area contributed by atoms with Crippen molar-refractivity contribution in [3.05, 3.63) is 28.8 Å². The van der Waals surface area contributed by atoms with Gasteiger partial charge in [-0.1, -0.05) is 17.7 Å². The molecule has 0 aromatic heterocycles. The first-order chi connectivity index (χ1) is 12.2. The fraction of sp³-hybridized carbons (Fsp3) is 0.619. The Bertz CT molecular complexity index is 615. The molecule has 0 spiro atoms. The number of hydrogen-bond acceptors (Lipinski definition) is 2. The summed E-state index contributed by atoms with van der Waals surface area (Å²) >= 11 is 0. The van der Waals surface area contributed by atoms with Crippen LogP contribution in [0.1, 0.15) is 44.4 Å². The Kier molecular flexibility index (Phi) is 10.6. The summed E-state index contributed by atoms with van der Waals surface area (Å²) in [7, 11) is 0. The second kappa shape index (κ2) is 11.3. The molecule has 0 unspecified atom stereocenters. The standard InChI is InChI=1S/C21H35N3O2.ClH/c1-8-23(9-2)20(26)15-24(10-3,11-4)14-19(25)22-21-17(6)12-16(5)13-18(21)7;/h12-13H,8-11,14-15H2,1-7H3;1H. The lowest BCUT2D eigenvalue weighted by Crippen LogP contribution is -3.00. The molecular formula is C21H36ClN3O2. The van der Waals surface area contributed by atoms with Gasteiger partial charge in [0.2, 0.25) is 0 Å². The zero-order chi connectivity index (χ0) is 19.9. The van der Waals surface area contributed by atoms with Gasteiger partial charge in [-0.2, -0.15) is 0 Å². The summed E-state index contributed by atoms with van der Waals surface area (Å²) in [6.45, 7) is 17.8. The van der Waals surface area contributed by atoms with Gasteiger partial charge in [0.15, 0.2) is 13.1 Å². The normalized spacial score (nSPS) is 10.9. The molecule has 1 aromatic carbocycles. The molecular weight excluding hydrogens is 362 g/mol. The third-order valence-corrected chi connectivity index (χ3v) is 5.35. The summed E-state index contributed by atoms with van der Waals surface area (Å²) in [6, 6.07) is 4.16. The van der Waals surface area contributed by atoms with Crippen LogP contribution in [-0.2, 0) is 9.59 Å². The number of likely N-dealkylation sites (N-methyl/N-ethyl adjacent to an activating group) is 2. The van der Waals surface area contributed by atoms with E-state index in [9.17, 15) is 9.59 Å². The van der Waals surface area contributed by atoms with Crippen molar-refractivity contribution in [3.63, 3.8) is 0 Å². The fourth-order valence-corrected chi connectivity index (χ4v) is 3.55. The van der Waals surface area contributed by atoms with E-state index >= 15 is 0 Å². The Morgan fingerprint density at radius 1 is 0.926 bits per heavy atom. The number of carbonyl (C=O) groups is 2. The molecule has 0 fully saturated rings. The number of halogens is 1. The molecule has 1 rings (SSSR count). The molecule has 0 aliphatic rings. The maximum atomic E-state index is 12.8. The van der Waals surface area contributed by atoms with E-state index in [1.54, 1.807) is 0 Å². The molecule has 0 saturated carbocycles. The number of rotatable bonds is 9. The Balaban J connectivity index is 0.00000676. The predicted octanol–water partition coefficient (Wildman–Crippen LogP) is 0.279. The Labute approximate surface area is 171 Å². The number of amides is 2. The van der Waals surface area contributed by atoms with Crippen molar-refractivity contribution in [2.24, 2.45) is 0 Å². The van der Waals surface area contributed by atoms with Crippen LogP contribution in [-0.4, -0.2) is 60.5 Å². The molecule has 0 bridgehead atoms. The van der Waals surface area contributed by atoms with E-state index < -0.39 is 0 Å². The van der Waals surface area contributed by atoms with E-state index in [-0.39, 0.29) is 24.2 Å². The molecule has 2 amide bonds. The zero-order valence-electron chi connectivity index (χ0n) is 18.0. The van der Waals surface area contributed by atoms with Crippen LogP contribution in [0.25, 0.3) is 0 Å². The van der Waals surface area contributed by atoms with Gasteiger partial charge in [0.05, 0.1) is 13.1 Å². The predicted molar refractivity (Wildman–Crippen MR) is 108 cm³/mol. The minimum Gasteiger partial charge on any atom is -1.00 e. The van der Waals surface area contributed by atoms with Gasteiger partial charge in [0.25, 0.3) is 11.8 Å². The van der Waals surface area contributed by atoms with Crippen LogP contribution < -0.4 is 17.7 Å². The highest BCUT2D eigenvalue weighted by molar-refractivity contribution is 5.93. The monoisotopic (exact) mass is 397 g/mol. The van der Waals surface area contributed by atoms with Crippen molar-refractivity contribution in [3.8, 4) is 0 Å². The summed E-state index contributed by atoms with van der Waals surface area (Å²) in [5.74, 6) is 0.0882. The molecule has 0 heterocycles. The number of quaternary nitrogens is 1. The summed E-state index contributed by atoms with van der Waals surface area (Å²) in [5.41, 5.74) is 4.22. The van der Waals surface area contributed by atoms with Crippen molar-refractivity contribution in [1.82, 2.24) is 4.90 Å². The maximum Gasteiger partial charge on any atom is 0.279 e. The third-order valence-electron chi connectivity index (χ3n) is 5.35. The average Bonchev–Trinajstić information content (AvgIpc) is 2.58. The summed E-state index contributed by atoms with van der Waals surface area (Å²) in [4.78, 5) is 27.2. The molecule has 6 heteroatoms. The second-order valence-electron chi connectivity index (χ2n) is 7.18. The fourth-order valence-electron chi connectivity index (χ4n) is 3.55. The highest BCUT2D eigenvalue weighted by Gasteiger charge is 2.31. The first-order valence-corrected chi connectivity index (χ1v) is 9.72. The SMILES string of the molecule is CCN(CC)C(=O)C[N+](CC)(CC)CC(=O)Nc1c(C)cc(C)cc1C.[Cl-]. The molecule has 1 N–H and O–H groups in total. The number of benzene rings is 1. The van der Waals surface area contributed by atoms with Gasteiger partial charge in [-0.05, 0) is 59.6 Å². The van der Waals surface area contributed by atoms with Crippen LogP contribution in [0.2, 0.25) is 0 Å². The van der Waals surface area contributed by atoms with Gasteiger partial charge in [-0.3, -0.25) is 9.59 Å². The first kappa shape index (κ1) is 25.4. The van der Waals surface area contributed by atoms with E-state index in [0.29, 0.717) is 30.7 Å². The highest BCUT2D eigenvalue weighted by atomic mass is 35.5. The van der Waals surface area contributed by atoms with Crippen LogP contribution >= 0.6 is 0 Å². The van der Waals surface area contributed by atoms with Gasteiger partial charge in [0, 0.05) is 18.8 Å². The van der Waals surface area contributed by atoms with E-state index in [1.165, 1.54) is 5.56 Å². The maximum absolute atomic E-state index is 12.8. The van der Waals surface area contributed by atoms with Gasteiger partial charge >= 0.3 is 0 Å². The zero-order valence-corrected chi connectivity index (χ0v) is 18.7. The summed E-state index contributed by atoms with van der Waals surface area (Å²) < 4.78 is 0.477. The Morgan fingerprint density at radius 2 is 1.41 bits per heavy atom. The number of aryl methyl sites for hydroxylation is 3. The molecule has 0 aliphatic heterocycles. The molecule has 0 aliphatic carbocycles. The van der Waals surface area contributed by atoms with Crippen molar-refractivity contribution >= 4 is 17.5 Å². The van der Waals surface area contributed by atoms with Crippen LogP contribution in [0.5, 0.6) is 0 Å². The smallest absolute Gasteiger partial charge is 0.279 e. The summed E-state index contributed by atoms with van der Waals surface area (Å²) in [5, 5.41) is 3.08. The number of anilines is 1. The molecule has 1 aromatic rings. The van der Waals surface area contributed by atoms with Crippen LogP contribution in [0, 0.1) is 20.8 Å². The number of nitrogens with zero attached hydrogens (tertiary/aromatic N) is 2. The van der Waals surface area contributed by atoms with E-state index in [1.807, 2.05) is 32.6 Å². The third kappa shape index (κ3) is 6.82. The van der Waals surface area contributed by atoms with Gasteiger partial charge in [-0.15, -0.1) is 0 Å². The number of hydrogen-bond donors (Lipinski definition) is 1. The average molecular weight is 398 g/mol. The van der Waals surface area contributed by atoms with E-state index in [4.69, 9.17) is 0 Å². The van der Waals surface area contributed by atoms with Crippen molar-refractivity contribution in [1.29, 1.82) is 0 Å². The molecule has 154 valence electrons. The molecule has 0 radical (unpaired) electrons. The van der Waals surface area contributed by atoms with E-state index in [2.05, 4.69) is 38.2 Å². The summed E-state index contributed by atoms with van der Waals surface area (Å²) in [6.07, 6.45) is 0. The lowest BCUT2D eigenvalue weighted by molar-refractivity contribution is -0.910. The Hall–Kier alpha value is -1.59. The van der Waals surface area contributed by atoms with Crippen molar-refractivity contribution in [2.45, 2.75) is 48.5 Å². The van der Waals surface area contributed by atoms with E-state index in [0.717, 1.165) is 29.9 Å². The molecule has 5 nitrogen and oxygen atoms in total. The highest BCUT2D eigenvalue weighted by Crippen LogP contribution is 2.22. The van der Waals surface area contributed by atoms with Gasteiger partial charge < -0.3 is 27.1 Å². The quantitative estimate of drug-likeness (QED) is 0.608. The molecule has 27 heavy (non-hydrogen) atoms. The molecule has 0 atom stereocenters. The minimum absolute atomic E-state index is 0. The molecule has 0 saturated heterocycles. The topological polar surface area (TPSA) is 49.4 Å². The van der Waals surface area contributed by atoms with Gasteiger partial charge in [0.1, 0.15) is 0 Å². The largest absolute Gasteiger partial charge is 1.00 e. The lowest BCUT2D eigenvalue weighted by Gasteiger charge is -2.37. The van der Waals surface area contributed by atoms with Crippen LogP contribution in [0.4, 0.5) is 5.69 Å². The lowest BCUT2D eigenvalue weighted by atomic mass is 10.1. The van der Waals surface area contributed by atoms with Crippen LogP contribution in [0.15, 0.2) is 12.1 Å². The Morgan fingerprint density at radius 3 is 1.81 bits per heavy atom. The van der Waals surface area contributed by atoms with Crippen molar-refractivity contribution in [2.75, 3.05) is 44.6 Å². The number of nitrogens with one attached hydrogen (secondary N) is 1. The van der Waals surface area contributed by atoms with Crippen LogP contribution in [0.3, 0.4) is 0 Å². The van der Waals surface area contributed by atoms with Crippen molar-refractivity contribution < 1.29 is 26.5 Å². The first-order valence-electron chi connectivity index (χ1n) is 9.72.